The van der Waals surface area contributed by atoms with Crippen LogP contribution in [0.5, 0.6) is 0 Å². The van der Waals surface area contributed by atoms with Crippen LogP contribution in [0.25, 0.3) is 88.8 Å². The zero-order chi connectivity index (χ0) is 33.3. The van der Waals surface area contributed by atoms with Crippen molar-refractivity contribution in [3.63, 3.8) is 0 Å². The molecule has 0 N–H and O–H groups in total. The fourth-order valence-corrected chi connectivity index (χ4v) is 6.72. The smallest absolute Gasteiger partial charge is 0.160 e. The predicted molar refractivity (Wildman–Crippen MR) is 207 cm³/mol. The van der Waals surface area contributed by atoms with Gasteiger partial charge in [0.2, 0.25) is 0 Å². The first kappa shape index (κ1) is 29.4. The van der Waals surface area contributed by atoms with E-state index in [1.807, 2.05) is 12.3 Å². The van der Waals surface area contributed by atoms with Crippen LogP contribution in [0.2, 0.25) is 0 Å². The van der Waals surface area contributed by atoms with Crippen molar-refractivity contribution in [2.24, 2.45) is 0 Å². The van der Waals surface area contributed by atoms with Crippen molar-refractivity contribution in [1.29, 1.82) is 0 Å². The molecule has 7 aromatic carbocycles. The molecular formula is C47H31N3. The monoisotopic (exact) mass is 637 g/mol. The predicted octanol–water partition coefficient (Wildman–Crippen LogP) is 12.2. The summed E-state index contributed by atoms with van der Waals surface area (Å²) < 4.78 is 0. The van der Waals surface area contributed by atoms with Gasteiger partial charge >= 0.3 is 0 Å². The van der Waals surface area contributed by atoms with E-state index in [9.17, 15) is 0 Å². The minimum atomic E-state index is 0.699. The Morgan fingerprint density at radius 2 is 0.880 bits per heavy atom. The number of hydrogen-bond acceptors (Lipinski definition) is 3. The molecule has 3 heteroatoms. The molecule has 0 spiro atoms. The first-order valence-corrected chi connectivity index (χ1v) is 16.8. The van der Waals surface area contributed by atoms with Gasteiger partial charge in [0.25, 0.3) is 0 Å². The van der Waals surface area contributed by atoms with Gasteiger partial charge in [-0.25, -0.2) is 9.97 Å². The van der Waals surface area contributed by atoms with Gasteiger partial charge in [-0.3, -0.25) is 4.98 Å². The van der Waals surface area contributed by atoms with Gasteiger partial charge in [-0.05, 0) is 73.1 Å². The second-order valence-electron chi connectivity index (χ2n) is 12.5. The molecule has 0 saturated heterocycles. The molecule has 2 aromatic heterocycles. The second kappa shape index (κ2) is 12.7. The van der Waals surface area contributed by atoms with Gasteiger partial charge < -0.3 is 0 Å². The molecule has 9 aromatic rings. The summed E-state index contributed by atoms with van der Waals surface area (Å²) in [6.45, 7) is 0. The molecule has 0 bridgehead atoms. The van der Waals surface area contributed by atoms with Crippen LogP contribution in [0, 0.1) is 0 Å². The third kappa shape index (κ3) is 5.72. The van der Waals surface area contributed by atoms with Gasteiger partial charge in [0.1, 0.15) is 0 Å². The van der Waals surface area contributed by atoms with E-state index in [0.717, 1.165) is 50.3 Å². The Hall–Kier alpha value is -6.71. The average Bonchev–Trinajstić information content (AvgIpc) is 3.21. The number of aromatic nitrogens is 3. The molecule has 0 radical (unpaired) electrons. The quantitative estimate of drug-likeness (QED) is 0.182. The highest BCUT2D eigenvalue weighted by Crippen LogP contribution is 2.33. The summed E-state index contributed by atoms with van der Waals surface area (Å²) in [6.07, 6.45) is 3.69. The maximum absolute atomic E-state index is 5.14. The molecule has 234 valence electrons. The summed E-state index contributed by atoms with van der Waals surface area (Å²) in [7, 11) is 0. The molecular weight excluding hydrogens is 607 g/mol. The summed E-state index contributed by atoms with van der Waals surface area (Å²) in [5, 5.41) is 4.87. The Balaban J connectivity index is 1.09. The Kier molecular flexibility index (Phi) is 7.49. The number of nitrogens with zero attached hydrogens (tertiary/aromatic N) is 3. The van der Waals surface area contributed by atoms with E-state index in [2.05, 4.69) is 175 Å². The topological polar surface area (TPSA) is 38.7 Å². The van der Waals surface area contributed by atoms with Crippen LogP contribution in [-0.2, 0) is 0 Å². The molecule has 0 aliphatic heterocycles. The van der Waals surface area contributed by atoms with Gasteiger partial charge in [0.15, 0.2) is 5.82 Å². The summed E-state index contributed by atoms with van der Waals surface area (Å²) >= 11 is 0. The highest BCUT2D eigenvalue weighted by Gasteiger charge is 2.13. The molecule has 0 fully saturated rings. The van der Waals surface area contributed by atoms with Crippen molar-refractivity contribution in [2.75, 3.05) is 0 Å². The van der Waals surface area contributed by atoms with E-state index >= 15 is 0 Å². The van der Waals surface area contributed by atoms with Gasteiger partial charge in [0, 0.05) is 29.1 Å². The van der Waals surface area contributed by atoms with Gasteiger partial charge in [0.05, 0.1) is 11.4 Å². The molecule has 3 nitrogen and oxygen atoms in total. The third-order valence-electron chi connectivity index (χ3n) is 9.41. The number of pyridine rings is 1. The molecule has 9 rings (SSSR count). The second-order valence-corrected chi connectivity index (χ2v) is 12.5. The van der Waals surface area contributed by atoms with Gasteiger partial charge in [-0.1, -0.05) is 158 Å². The van der Waals surface area contributed by atoms with E-state index in [0.29, 0.717) is 5.82 Å². The van der Waals surface area contributed by atoms with Crippen molar-refractivity contribution in [1.82, 2.24) is 15.0 Å². The molecule has 0 amide bonds. The third-order valence-corrected chi connectivity index (χ3v) is 9.41. The van der Waals surface area contributed by atoms with Crippen LogP contribution in [0.4, 0.5) is 0 Å². The summed E-state index contributed by atoms with van der Waals surface area (Å²) in [5.74, 6) is 0.699. The number of fused-ring (bicyclic) bond motifs is 2. The standard InChI is InChI=1S/C47H31N3/c1-2-9-40-29-41(27-20-32(40)7-1)46-30-45(38-23-18-34(19-24-38)33-14-16-35(17-15-33)42-11-6-28-48-31-42)49-47(50-46)39-25-21-37(22-26-39)44-13-5-10-36-8-3-4-12-43(36)44/h1-31H. The van der Waals surface area contributed by atoms with E-state index in [4.69, 9.17) is 9.97 Å². The zero-order valence-electron chi connectivity index (χ0n) is 27.2. The lowest BCUT2D eigenvalue weighted by Gasteiger charge is -2.12. The molecule has 0 atom stereocenters. The Bertz CT molecular complexity index is 2600. The Labute approximate surface area is 291 Å². The van der Waals surface area contributed by atoms with Crippen LogP contribution in [0.3, 0.4) is 0 Å². The van der Waals surface area contributed by atoms with Crippen LogP contribution in [-0.4, -0.2) is 15.0 Å². The number of hydrogen-bond donors (Lipinski definition) is 0. The molecule has 0 aliphatic rings. The SMILES string of the molecule is c1cncc(-c2ccc(-c3ccc(-c4cc(-c5ccc6ccccc6c5)nc(-c5ccc(-c6cccc7ccccc67)cc5)n4)cc3)cc2)c1. The Morgan fingerprint density at radius 1 is 0.320 bits per heavy atom. The first-order chi connectivity index (χ1) is 24.7. The van der Waals surface area contributed by atoms with E-state index in [1.165, 1.54) is 32.7 Å². The molecule has 0 aliphatic carbocycles. The molecule has 50 heavy (non-hydrogen) atoms. The van der Waals surface area contributed by atoms with Crippen LogP contribution >= 0.6 is 0 Å². The van der Waals surface area contributed by atoms with Crippen LogP contribution in [0.1, 0.15) is 0 Å². The van der Waals surface area contributed by atoms with Gasteiger partial charge in [-0.2, -0.15) is 0 Å². The Morgan fingerprint density at radius 3 is 1.60 bits per heavy atom. The van der Waals surface area contributed by atoms with E-state index in [1.54, 1.807) is 6.20 Å². The maximum atomic E-state index is 5.14. The summed E-state index contributed by atoms with van der Waals surface area (Å²) in [6, 6.07) is 62.0. The maximum Gasteiger partial charge on any atom is 0.160 e. The van der Waals surface area contributed by atoms with Crippen molar-refractivity contribution in [3.05, 3.63) is 188 Å². The van der Waals surface area contributed by atoms with Crippen molar-refractivity contribution >= 4 is 21.5 Å². The van der Waals surface area contributed by atoms with Crippen molar-refractivity contribution in [3.8, 4) is 67.3 Å². The zero-order valence-corrected chi connectivity index (χ0v) is 27.2. The number of rotatable bonds is 6. The highest BCUT2D eigenvalue weighted by molar-refractivity contribution is 5.97. The van der Waals surface area contributed by atoms with Crippen molar-refractivity contribution in [2.45, 2.75) is 0 Å². The van der Waals surface area contributed by atoms with E-state index < -0.39 is 0 Å². The van der Waals surface area contributed by atoms with Crippen LogP contribution in [0.15, 0.2) is 188 Å². The first-order valence-electron chi connectivity index (χ1n) is 16.8. The average molecular weight is 638 g/mol. The lowest BCUT2D eigenvalue weighted by atomic mass is 9.97. The highest BCUT2D eigenvalue weighted by atomic mass is 14.9. The minimum Gasteiger partial charge on any atom is -0.264 e. The van der Waals surface area contributed by atoms with Gasteiger partial charge in [-0.15, -0.1) is 0 Å². The molecule has 0 saturated carbocycles. The molecule has 0 unspecified atom stereocenters. The fourth-order valence-electron chi connectivity index (χ4n) is 6.72. The van der Waals surface area contributed by atoms with Crippen LogP contribution < -0.4 is 0 Å². The van der Waals surface area contributed by atoms with Crippen molar-refractivity contribution < 1.29 is 0 Å². The summed E-state index contributed by atoms with van der Waals surface area (Å²) in [5.41, 5.74) is 11.8. The largest absolute Gasteiger partial charge is 0.264 e. The summed E-state index contributed by atoms with van der Waals surface area (Å²) in [4.78, 5) is 14.5. The lowest BCUT2D eigenvalue weighted by Crippen LogP contribution is -1.96. The van der Waals surface area contributed by atoms with E-state index in [-0.39, 0.29) is 0 Å². The molecule has 2 heterocycles. The fraction of sp³-hybridized carbons (Fsp3) is 0. The minimum absolute atomic E-state index is 0.699. The lowest BCUT2D eigenvalue weighted by molar-refractivity contribution is 1.18. The normalized spacial score (nSPS) is 11.2. The number of benzene rings is 7.